The molecule has 2 aliphatic rings. The minimum Gasteiger partial charge on any atom is -0.371 e. The van der Waals surface area contributed by atoms with Crippen molar-refractivity contribution in [3.8, 4) is 11.3 Å². The van der Waals surface area contributed by atoms with Crippen molar-refractivity contribution in [2.45, 2.75) is 18.4 Å². The molecule has 1 N–H and O–H groups in total. The molecule has 6 nitrogen and oxygen atoms in total. The van der Waals surface area contributed by atoms with Gasteiger partial charge in [0.05, 0.1) is 24.4 Å². The molecule has 2 fully saturated rings. The number of carbonyl (C=O) groups excluding carboxylic acids is 1. The van der Waals surface area contributed by atoms with Crippen LogP contribution in [0.25, 0.3) is 11.3 Å². The highest BCUT2D eigenvalue weighted by atomic mass is 19.1. The maximum Gasteiger partial charge on any atom is 0.272 e. The van der Waals surface area contributed by atoms with Crippen molar-refractivity contribution in [1.29, 1.82) is 0 Å². The molecular weight excluding hydrogens is 335 g/mol. The SMILES string of the molecule is CN1CCC2(CC1)CN(C(=O)c1cc(-c3ccccc3F)n[nH]1)CCO2. The van der Waals surface area contributed by atoms with Crippen LogP contribution in [0.4, 0.5) is 4.39 Å². The van der Waals surface area contributed by atoms with Gasteiger partial charge in [-0.15, -0.1) is 0 Å². The molecule has 0 atom stereocenters. The summed E-state index contributed by atoms with van der Waals surface area (Å²) >= 11 is 0. The third kappa shape index (κ3) is 3.24. The molecule has 4 rings (SSSR count). The summed E-state index contributed by atoms with van der Waals surface area (Å²) < 4.78 is 20.0. The predicted molar refractivity (Wildman–Crippen MR) is 95.3 cm³/mol. The minimum absolute atomic E-state index is 0.110. The zero-order valence-electron chi connectivity index (χ0n) is 14.9. The van der Waals surface area contributed by atoms with E-state index in [1.54, 1.807) is 24.3 Å². The molecule has 0 saturated carbocycles. The molecule has 2 saturated heterocycles. The number of rotatable bonds is 2. The van der Waals surface area contributed by atoms with Crippen molar-refractivity contribution < 1.29 is 13.9 Å². The first kappa shape index (κ1) is 17.2. The number of benzene rings is 1. The highest BCUT2D eigenvalue weighted by Gasteiger charge is 2.40. The summed E-state index contributed by atoms with van der Waals surface area (Å²) in [7, 11) is 2.10. The molecule has 0 bridgehead atoms. The number of piperidine rings is 1. The van der Waals surface area contributed by atoms with Gasteiger partial charge in [0.1, 0.15) is 11.5 Å². The Morgan fingerprint density at radius 1 is 1.27 bits per heavy atom. The molecule has 1 aromatic heterocycles. The van der Waals surface area contributed by atoms with E-state index in [2.05, 4.69) is 22.1 Å². The van der Waals surface area contributed by atoms with E-state index in [0.717, 1.165) is 25.9 Å². The van der Waals surface area contributed by atoms with Crippen LogP contribution in [0, 0.1) is 5.82 Å². The highest BCUT2D eigenvalue weighted by molar-refractivity contribution is 5.93. The van der Waals surface area contributed by atoms with Crippen molar-refractivity contribution in [2.24, 2.45) is 0 Å². The van der Waals surface area contributed by atoms with Gasteiger partial charge in [0.25, 0.3) is 5.91 Å². The third-order valence-electron chi connectivity index (χ3n) is 5.39. The van der Waals surface area contributed by atoms with E-state index in [-0.39, 0.29) is 17.3 Å². The zero-order valence-corrected chi connectivity index (χ0v) is 14.9. The largest absolute Gasteiger partial charge is 0.371 e. The predicted octanol–water partition coefficient (Wildman–Crippen LogP) is 2.15. The number of ether oxygens (including phenoxy) is 1. The third-order valence-corrected chi connectivity index (χ3v) is 5.39. The number of hydrogen-bond donors (Lipinski definition) is 1. The second-order valence-corrected chi connectivity index (χ2v) is 7.21. The van der Waals surface area contributed by atoms with Gasteiger partial charge in [-0.25, -0.2) is 4.39 Å². The van der Waals surface area contributed by atoms with Crippen LogP contribution in [0.5, 0.6) is 0 Å². The van der Waals surface area contributed by atoms with Crippen LogP contribution in [-0.2, 0) is 4.74 Å². The second-order valence-electron chi connectivity index (χ2n) is 7.21. The summed E-state index contributed by atoms with van der Waals surface area (Å²) in [5, 5.41) is 6.90. The number of nitrogens with one attached hydrogen (secondary N) is 1. The van der Waals surface area contributed by atoms with E-state index in [1.165, 1.54) is 6.07 Å². The molecule has 138 valence electrons. The Kier molecular flexibility index (Phi) is 4.50. The van der Waals surface area contributed by atoms with Crippen molar-refractivity contribution in [3.63, 3.8) is 0 Å². The number of nitrogens with zero attached hydrogens (tertiary/aromatic N) is 3. The molecule has 1 aromatic carbocycles. The van der Waals surface area contributed by atoms with Crippen molar-refractivity contribution in [3.05, 3.63) is 41.8 Å². The Hall–Kier alpha value is -2.25. The van der Waals surface area contributed by atoms with E-state index < -0.39 is 0 Å². The van der Waals surface area contributed by atoms with Crippen molar-refractivity contribution in [2.75, 3.05) is 39.8 Å². The van der Waals surface area contributed by atoms with Crippen LogP contribution in [0.15, 0.2) is 30.3 Å². The quantitative estimate of drug-likeness (QED) is 0.894. The summed E-state index contributed by atoms with van der Waals surface area (Å²) in [5.74, 6) is -0.462. The van der Waals surface area contributed by atoms with E-state index in [9.17, 15) is 9.18 Å². The number of halogens is 1. The van der Waals surface area contributed by atoms with Crippen LogP contribution >= 0.6 is 0 Å². The fraction of sp³-hybridized carbons (Fsp3) is 0.474. The van der Waals surface area contributed by atoms with Gasteiger partial charge in [-0.3, -0.25) is 9.89 Å². The van der Waals surface area contributed by atoms with Crippen molar-refractivity contribution >= 4 is 5.91 Å². The van der Waals surface area contributed by atoms with Crippen LogP contribution in [0.3, 0.4) is 0 Å². The Balaban J connectivity index is 1.50. The minimum atomic E-state index is -0.352. The number of likely N-dealkylation sites (tertiary alicyclic amines) is 1. The summed E-state index contributed by atoms with van der Waals surface area (Å²) in [6.07, 6.45) is 1.85. The van der Waals surface area contributed by atoms with Crippen LogP contribution in [0.2, 0.25) is 0 Å². The first-order valence-electron chi connectivity index (χ1n) is 8.98. The first-order chi connectivity index (χ1) is 12.6. The first-order valence-corrected chi connectivity index (χ1v) is 8.98. The molecule has 7 heteroatoms. The number of aromatic amines is 1. The summed E-state index contributed by atoms with van der Waals surface area (Å²) in [6, 6.07) is 8.05. The van der Waals surface area contributed by atoms with Crippen LogP contribution in [0.1, 0.15) is 23.3 Å². The van der Waals surface area contributed by atoms with Crippen LogP contribution in [-0.4, -0.2) is 71.3 Å². The van der Waals surface area contributed by atoms with Gasteiger partial charge in [0.2, 0.25) is 0 Å². The number of morpholine rings is 1. The average Bonchev–Trinajstić information content (AvgIpc) is 3.14. The molecule has 1 amide bonds. The van der Waals surface area contributed by atoms with E-state index >= 15 is 0 Å². The lowest BCUT2D eigenvalue weighted by Gasteiger charge is -2.46. The Bertz CT molecular complexity index is 798. The van der Waals surface area contributed by atoms with Crippen molar-refractivity contribution in [1.82, 2.24) is 20.0 Å². The highest BCUT2D eigenvalue weighted by Crippen LogP contribution is 2.30. The number of amides is 1. The lowest BCUT2D eigenvalue weighted by atomic mass is 9.89. The maximum absolute atomic E-state index is 13.9. The number of carbonyl (C=O) groups is 1. The van der Waals surface area contributed by atoms with Crippen LogP contribution < -0.4 is 0 Å². The molecule has 3 heterocycles. The normalized spacial score (nSPS) is 20.5. The number of aromatic nitrogens is 2. The zero-order chi connectivity index (χ0) is 18.1. The van der Waals surface area contributed by atoms with E-state index in [4.69, 9.17) is 4.74 Å². The molecule has 1 spiro atoms. The fourth-order valence-corrected chi connectivity index (χ4v) is 3.76. The topological polar surface area (TPSA) is 61.5 Å². The van der Waals surface area contributed by atoms with Gasteiger partial charge >= 0.3 is 0 Å². The molecule has 2 aromatic rings. The summed E-state index contributed by atoms with van der Waals surface area (Å²) in [6.45, 7) is 3.65. The molecular formula is C19H23FN4O2. The van der Waals surface area contributed by atoms with Gasteiger partial charge in [0.15, 0.2) is 0 Å². The number of hydrogen-bond acceptors (Lipinski definition) is 4. The van der Waals surface area contributed by atoms with E-state index in [1.807, 2.05) is 4.90 Å². The molecule has 26 heavy (non-hydrogen) atoms. The smallest absolute Gasteiger partial charge is 0.272 e. The maximum atomic E-state index is 13.9. The summed E-state index contributed by atoms with van der Waals surface area (Å²) in [4.78, 5) is 17.0. The lowest BCUT2D eigenvalue weighted by Crippen LogP contribution is -2.57. The molecule has 0 radical (unpaired) electrons. The van der Waals surface area contributed by atoms with Gasteiger partial charge in [-0.2, -0.15) is 5.10 Å². The average molecular weight is 358 g/mol. The van der Waals surface area contributed by atoms with Gasteiger partial charge in [-0.05, 0) is 38.1 Å². The molecule has 0 aliphatic carbocycles. The Morgan fingerprint density at radius 3 is 2.81 bits per heavy atom. The number of H-pyrrole nitrogens is 1. The standard InChI is InChI=1S/C19H23FN4O2/c1-23-8-6-19(7-9-23)13-24(10-11-26-19)18(25)17-12-16(21-22-17)14-4-2-3-5-15(14)20/h2-5,12H,6-11,13H2,1H3,(H,21,22). The molecule has 0 unspecified atom stereocenters. The monoisotopic (exact) mass is 358 g/mol. The van der Waals surface area contributed by atoms with Gasteiger partial charge in [-0.1, -0.05) is 12.1 Å². The Morgan fingerprint density at radius 2 is 2.04 bits per heavy atom. The second kappa shape index (κ2) is 6.81. The van der Waals surface area contributed by atoms with E-state index in [0.29, 0.717) is 36.6 Å². The Labute approximate surface area is 151 Å². The van der Waals surface area contributed by atoms with Gasteiger partial charge < -0.3 is 14.5 Å². The van der Waals surface area contributed by atoms with Gasteiger partial charge in [0, 0.05) is 25.2 Å². The molecule has 2 aliphatic heterocycles. The lowest BCUT2D eigenvalue weighted by molar-refractivity contribution is -0.125. The summed E-state index contributed by atoms with van der Waals surface area (Å²) in [5.41, 5.74) is 0.966. The fourth-order valence-electron chi connectivity index (χ4n) is 3.76.